The second kappa shape index (κ2) is 11.2. The maximum absolute atomic E-state index is 11.8. The quantitative estimate of drug-likeness (QED) is 0.541. The average Bonchev–Trinajstić information content (AvgIpc) is 3.12. The third kappa shape index (κ3) is 7.26. The molecule has 0 bridgehead atoms. The van der Waals surface area contributed by atoms with Crippen LogP contribution in [0.5, 0.6) is 5.75 Å². The van der Waals surface area contributed by atoms with E-state index in [1.54, 1.807) is 6.20 Å². The largest absolute Gasteiger partial charge is 0.494 e. The van der Waals surface area contributed by atoms with Crippen molar-refractivity contribution in [1.29, 1.82) is 0 Å². The molecule has 1 aromatic heterocycles. The van der Waals surface area contributed by atoms with Crippen molar-refractivity contribution in [2.24, 2.45) is 8.80 Å². The number of pyridine rings is 1. The number of amidine groups is 2. The Labute approximate surface area is 195 Å². The molecule has 1 aromatic carbocycles. The van der Waals surface area contributed by atoms with Crippen LogP contribution in [0.3, 0.4) is 0 Å². The molecule has 0 atom stereocenters. The van der Waals surface area contributed by atoms with Crippen molar-refractivity contribution >= 4 is 21.9 Å². The topological polar surface area (TPSA) is 108 Å². The fraction of sp³-hybridized carbons (Fsp3) is 0.435. The van der Waals surface area contributed by atoms with Crippen molar-refractivity contribution in [3.8, 4) is 5.75 Å². The van der Waals surface area contributed by atoms with Crippen molar-refractivity contribution in [1.82, 2.24) is 20.5 Å². The Hall–Kier alpha value is -2.98. The number of rotatable bonds is 9. The van der Waals surface area contributed by atoms with Gasteiger partial charge in [0, 0.05) is 19.3 Å². The van der Waals surface area contributed by atoms with Gasteiger partial charge in [0.1, 0.15) is 5.75 Å². The van der Waals surface area contributed by atoms with Crippen LogP contribution < -0.4 is 15.4 Å². The summed E-state index contributed by atoms with van der Waals surface area (Å²) in [6, 6.07) is 13.8. The molecule has 0 saturated carbocycles. The van der Waals surface area contributed by atoms with E-state index in [1.807, 2.05) is 30.3 Å². The molecule has 2 aliphatic rings. The van der Waals surface area contributed by atoms with E-state index in [4.69, 9.17) is 4.74 Å². The Balaban J connectivity index is 1.20. The molecule has 0 amide bonds. The van der Waals surface area contributed by atoms with Gasteiger partial charge in [0.25, 0.3) is 0 Å². The monoisotopic (exact) mass is 470 g/mol. The second-order valence-corrected chi connectivity index (χ2v) is 9.38. The highest BCUT2D eigenvalue weighted by Crippen LogP contribution is 2.17. The maximum Gasteiger partial charge on any atom is 0.367 e. The lowest BCUT2D eigenvalue weighted by atomic mass is 10.1. The summed E-state index contributed by atoms with van der Waals surface area (Å²) in [6.45, 7) is 4.66. The molecular weight excluding hydrogens is 440 g/mol. The van der Waals surface area contributed by atoms with Gasteiger partial charge in [0.05, 0.1) is 18.8 Å². The van der Waals surface area contributed by atoms with Crippen LogP contribution >= 0.6 is 0 Å². The Morgan fingerprint density at radius 1 is 0.970 bits per heavy atom. The number of aromatic nitrogens is 1. The Bertz CT molecular complexity index is 1080. The number of piperidine rings is 1. The first-order chi connectivity index (χ1) is 16.1. The number of benzene rings is 1. The lowest BCUT2D eigenvalue weighted by Gasteiger charge is -2.26. The van der Waals surface area contributed by atoms with Gasteiger partial charge < -0.3 is 15.4 Å². The summed E-state index contributed by atoms with van der Waals surface area (Å²) in [4.78, 5) is 6.70. The van der Waals surface area contributed by atoms with Crippen molar-refractivity contribution in [3.05, 3.63) is 59.9 Å². The molecule has 1 fully saturated rings. The van der Waals surface area contributed by atoms with Crippen molar-refractivity contribution in [2.45, 2.75) is 38.8 Å². The zero-order valence-electron chi connectivity index (χ0n) is 18.6. The van der Waals surface area contributed by atoms with E-state index in [2.05, 4.69) is 41.4 Å². The van der Waals surface area contributed by atoms with Crippen LogP contribution in [-0.2, 0) is 23.3 Å². The zero-order chi connectivity index (χ0) is 22.9. The summed E-state index contributed by atoms with van der Waals surface area (Å²) in [5.41, 5.74) is 2.04. The number of hydrogen-bond acceptors (Lipinski definition) is 7. The van der Waals surface area contributed by atoms with Gasteiger partial charge in [-0.25, -0.2) is 0 Å². The molecule has 2 aromatic rings. The first-order valence-corrected chi connectivity index (χ1v) is 12.7. The number of likely N-dealkylation sites (tertiary alicyclic amines) is 1. The second-order valence-electron chi connectivity index (χ2n) is 8.12. The summed E-state index contributed by atoms with van der Waals surface area (Å²) in [5, 5.41) is 6.04. The normalized spacial score (nSPS) is 17.8. The zero-order valence-corrected chi connectivity index (χ0v) is 19.4. The Morgan fingerprint density at radius 2 is 1.79 bits per heavy atom. The number of ether oxygens (including phenoxy) is 1. The van der Waals surface area contributed by atoms with Gasteiger partial charge in [-0.2, -0.15) is 8.42 Å². The smallest absolute Gasteiger partial charge is 0.367 e. The highest BCUT2D eigenvalue weighted by Gasteiger charge is 2.23. The van der Waals surface area contributed by atoms with E-state index in [9.17, 15) is 8.42 Å². The van der Waals surface area contributed by atoms with Crippen LogP contribution in [-0.4, -0.2) is 56.2 Å². The molecule has 0 aliphatic carbocycles. The van der Waals surface area contributed by atoms with Gasteiger partial charge in [0.2, 0.25) is 0 Å². The van der Waals surface area contributed by atoms with Crippen LogP contribution in [0.1, 0.15) is 36.9 Å². The van der Waals surface area contributed by atoms with Gasteiger partial charge in [0.15, 0.2) is 11.7 Å². The van der Waals surface area contributed by atoms with E-state index >= 15 is 0 Å². The molecule has 33 heavy (non-hydrogen) atoms. The minimum atomic E-state index is -3.86. The predicted octanol–water partition coefficient (Wildman–Crippen LogP) is 2.27. The van der Waals surface area contributed by atoms with Gasteiger partial charge in [-0.05, 0) is 62.2 Å². The summed E-state index contributed by atoms with van der Waals surface area (Å²) in [6.07, 6.45) is 6.26. The average molecular weight is 471 g/mol. The lowest BCUT2D eigenvalue weighted by Crippen LogP contribution is -2.39. The Kier molecular flexibility index (Phi) is 7.90. The van der Waals surface area contributed by atoms with E-state index < -0.39 is 10.2 Å². The molecule has 0 unspecified atom stereocenters. The number of hydrogen-bond donors (Lipinski definition) is 2. The van der Waals surface area contributed by atoms with Crippen LogP contribution in [0.25, 0.3) is 0 Å². The molecule has 0 radical (unpaired) electrons. The van der Waals surface area contributed by atoms with E-state index in [1.165, 1.54) is 37.9 Å². The van der Waals surface area contributed by atoms with E-state index in [0.29, 0.717) is 26.1 Å². The predicted molar refractivity (Wildman–Crippen MR) is 129 cm³/mol. The fourth-order valence-electron chi connectivity index (χ4n) is 3.82. The third-order valence-electron chi connectivity index (χ3n) is 5.44. The molecule has 176 valence electrons. The maximum atomic E-state index is 11.8. The van der Waals surface area contributed by atoms with Crippen LogP contribution in [0, 0.1) is 0 Å². The number of nitrogens with zero attached hydrogens (tertiary/aromatic N) is 4. The molecule has 10 heteroatoms. The Morgan fingerprint density at radius 3 is 2.58 bits per heavy atom. The highest BCUT2D eigenvalue weighted by atomic mass is 32.2. The van der Waals surface area contributed by atoms with Crippen LogP contribution in [0.2, 0.25) is 0 Å². The molecule has 2 N–H and O–H groups in total. The first-order valence-electron chi connectivity index (χ1n) is 11.3. The van der Waals surface area contributed by atoms with Crippen molar-refractivity contribution < 1.29 is 13.2 Å². The third-order valence-corrected chi connectivity index (χ3v) is 6.26. The molecule has 1 saturated heterocycles. The molecule has 4 rings (SSSR count). The van der Waals surface area contributed by atoms with Gasteiger partial charge in [-0.3, -0.25) is 9.88 Å². The van der Waals surface area contributed by atoms with E-state index in [0.717, 1.165) is 18.0 Å². The molecule has 3 heterocycles. The minimum Gasteiger partial charge on any atom is -0.494 e. The molecule has 0 spiro atoms. The van der Waals surface area contributed by atoms with Crippen LogP contribution in [0.15, 0.2) is 57.5 Å². The fourth-order valence-corrected chi connectivity index (χ4v) is 4.63. The molecule has 9 nitrogen and oxygen atoms in total. The minimum absolute atomic E-state index is 0.201. The standard InChI is InChI=1S/C23H30N6O3S/c30-33(31)27-22(23(28-33)26-17-20-9-2-3-11-24-20)25-12-7-15-32-21-10-6-8-19(16-21)18-29-13-4-1-5-14-29/h2-3,6,8-11,16H,1,4-5,7,12-15,17-18H2,(H,25,27)(H,26,28). The first kappa shape index (κ1) is 23.2. The molecule has 2 aliphatic heterocycles. The van der Waals surface area contributed by atoms with Gasteiger partial charge >= 0.3 is 10.2 Å². The lowest BCUT2D eigenvalue weighted by molar-refractivity contribution is 0.220. The van der Waals surface area contributed by atoms with E-state index in [-0.39, 0.29) is 11.7 Å². The SMILES string of the molecule is O=S1(=O)N=C(NCCCOc2cccc(CN3CCCCC3)c2)C(NCc2ccccn2)=N1. The van der Waals surface area contributed by atoms with Gasteiger partial charge in [-0.1, -0.05) is 24.6 Å². The van der Waals surface area contributed by atoms with Crippen molar-refractivity contribution in [3.63, 3.8) is 0 Å². The molecular formula is C23H30N6O3S. The highest BCUT2D eigenvalue weighted by molar-refractivity contribution is 7.89. The number of nitrogens with one attached hydrogen (secondary N) is 2. The summed E-state index contributed by atoms with van der Waals surface area (Å²) >= 11 is 0. The van der Waals surface area contributed by atoms with Crippen LogP contribution in [0.4, 0.5) is 0 Å². The summed E-state index contributed by atoms with van der Waals surface area (Å²) in [5.74, 6) is 1.27. The summed E-state index contributed by atoms with van der Waals surface area (Å²) < 4.78 is 36.9. The van der Waals surface area contributed by atoms with Crippen molar-refractivity contribution in [2.75, 3.05) is 26.2 Å². The van der Waals surface area contributed by atoms with Gasteiger partial charge in [-0.15, -0.1) is 8.80 Å². The summed E-state index contributed by atoms with van der Waals surface area (Å²) in [7, 11) is -3.86.